The highest BCUT2D eigenvalue weighted by atomic mass is 16.6. The lowest BCUT2D eigenvalue weighted by atomic mass is 9.99. The normalized spacial score (nSPS) is 19.5. The zero-order valence-corrected chi connectivity index (χ0v) is 13.0. The Morgan fingerprint density at radius 3 is 2.76 bits per heavy atom. The molecule has 0 radical (unpaired) electrons. The second-order valence-corrected chi connectivity index (χ2v) is 6.04. The van der Waals surface area contributed by atoms with Crippen LogP contribution in [0.3, 0.4) is 0 Å². The molecule has 2 aliphatic rings. The third-order valence-corrected chi connectivity index (χ3v) is 4.62. The number of nitrogens with one attached hydrogen (secondary N) is 1. The standard InChI is InChI=1S/C17H25NO3/c1-12(14-5-3-4-6-14)18-11-13-9-15(19-2)17-16(10-13)20-7-8-21-17/h9-10,12,14,18H,3-8,11H2,1-2H3/t12-/m1/s1. The quantitative estimate of drug-likeness (QED) is 0.904. The van der Waals surface area contributed by atoms with Crippen molar-refractivity contribution in [2.45, 2.75) is 45.2 Å². The van der Waals surface area contributed by atoms with Gasteiger partial charge in [-0.15, -0.1) is 0 Å². The molecule has 116 valence electrons. The first-order chi connectivity index (χ1) is 10.3. The molecule has 0 amide bonds. The van der Waals surface area contributed by atoms with Crippen molar-refractivity contribution in [2.75, 3.05) is 20.3 Å². The highest BCUT2D eigenvalue weighted by Crippen LogP contribution is 2.40. The molecule has 0 saturated heterocycles. The Bertz CT molecular complexity index is 466. The van der Waals surface area contributed by atoms with Crippen molar-refractivity contribution in [2.24, 2.45) is 5.92 Å². The summed E-state index contributed by atoms with van der Waals surface area (Å²) in [6, 6.07) is 4.67. The van der Waals surface area contributed by atoms with Crippen LogP contribution >= 0.6 is 0 Å². The Morgan fingerprint density at radius 1 is 1.24 bits per heavy atom. The number of methoxy groups -OCH3 is 1. The van der Waals surface area contributed by atoms with Crippen molar-refractivity contribution in [1.82, 2.24) is 5.32 Å². The molecule has 1 aliphatic heterocycles. The number of ether oxygens (including phenoxy) is 3. The van der Waals surface area contributed by atoms with Crippen molar-refractivity contribution in [3.05, 3.63) is 17.7 Å². The van der Waals surface area contributed by atoms with Gasteiger partial charge in [-0.25, -0.2) is 0 Å². The molecule has 0 spiro atoms. The monoisotopic (exact) mass is 291 g/mol. The van der Waals surface area contributed by atoms with Gasteiger partial charge in [0.25, 0.3) is 0 Å². The zero-order chi connectivity index (χ0) is 14.7. The van der Waals surface area contributed by atoms with E-state index in [1.807, 2.05) is 6.07 Å². The van der Waals surface area contributed by atoms with E-state index >= 15 is 0 Å². The van der Waals surface area contributed by atoms with Crippen LogP contribution in [0.1, 0.15) is 38.2 Å². The summed E-state index contributed by atoms with van der Waals surface area (Å²) >= 11 is 0. The number of hydrogen-bond acceptors (Lipinski definition) is 4. The lowest BCUT2D eigenvalue weighted by molar-refractivity contribution is 0.165. The Labute approximate surface area is 126 Å². The summed E-state index contributed by atoms with van der Waals surface area (Å²) in [6.45, 7) is 4.32. The number of hydrogen-bond donors (Lipinski definition) is 1. The van der Waals surface area contributed by atoms with E-state index in [-0.39, 0.29) is 0 Å². The summed E-state index contributed by atoms with van der Waals surface area (Å²) in [5, 5.41) is 3.65. The van der Waals surface area contributed by atoms with E-state index in [0.29, 0.717) is 19.3 Å². The first-order valence-corrected chi connectivity index (χ1v) is 7.98. The van der Waals surface area contributed by atoms with E-state index in [1.165, 1.54) is 31.2 Å². The van der Waals surface area contributed by atoms with Crippen LogP contribution in [-0.2, 0) is 6.54 Å². The van der Waals surface area contributed by atoms with Gasteiger partial charge in [0.05, 0.1) is 7.11 Å². The van der Waals surface area contributed by atoms with E-state index < -0.39 is 0 Å². The van der Waals surface area contributed by atoms with Gasteiger partial charge in [0.1, 0.15) is 13.2 Å². The Balaban J connectivity index is 1.67. The zero-order valence-electron chi connectivity index (χ0n) is 13.0. The minimum Gasteiger partial charge on any atom is -0.493 e. The Hall–Kier alpha value is -1.42. The fourth-order valence-corrected chi connectivity index (χ4v) is 3.33. The average Bonchev–Trinajstić information content (AvgIpc) is 3.06. The van der Waals surface area contributed by atoms with Gasteiger partial charge >= 0.3 is 0 Å². The van der Waals surface area contributed by atoms with E-state index in [1.54, 1.807) is 7.11 Å². The lowest BCUT2D eigenvalue weighted by Crippen LogP contribution is -2.31. The molecule has 0 bridgehead atoms. The van der Waals surface area contributed by atoms with Gasteiger partial charge in [-0.05, 0) is 43.4 Å². The van der Waals surface area contributed by atoms with Gasteiger partial charge in [0, 0.05) is 12.6 Å². The summed E-state index contributed by atoms with van der Waals surface area (Å²) in [6.07, 6.45) is 5.49. The summed E-state index contributed by atoms with van der Waals surface area (Å²) in [5.74, 6) is 3.11. The fourth-order valence-electron chi connectivity index (χ4n) is 3.33. The molecule has 1 heterocycles. The molecule has 1 N–H and O–H groups in total. The van der Waals surface area contributed by atoms with E-state index in [9.17, 15) is 0 Å². The van der Waals surface area contributed by atoms with Crippen molar-refractivity contribution < 1.29 is 14.2 Å². The summed E-state index contributed by atoms with van der Waals surface area (Å²) in [4.78, 5) is 0. The number of rotatable bonds is 5. The summed E-state index contributed by atoms with van der Waals surface area (Å²) < 4.78 is 16.7. The minimum atomic E-state index is 0.562. The molecule has 1 atom stereocenters. The van der Waals surface area contributed by atoms with Crippen molar-refractivity contribution in [3.63, 3.8) is 0 Å². The van der Waals surface area contributed by atoms with Gasteiger partial charge in [0.15, 0.2) is 11.5 Å². The second-order valence-electron chi connectivity index (χ2n) is 6.04. The van der Waals surface area contributed by atoms with E-state index in [4.69, 9.17) is 14.2 Å². The van der Waals surface area contributed by atoms with Crippen molar-refractivity contribution >= 4 is 0 Å². The smallest absolute Gasteiger partial charge is 0.203 e. The van der Waals surface area contributed by atoms with Crippen LogP contribution in [0.2, 0.25) is 0 Å². The first kappa shape index (κ1) is 14.5. The average molecular weight is 291 g/mol. The van der Waals surface area contributed by atoms with Crippen LogP contribution in [0.25, 0.3) is 0 Å². The van der Waals surface area contributed by atoms with Crippen LogP contribution < -0.4 is 19.5 Å². The molecule has 1 aromatic carbocycles. The molecule has 1 fully saturated rings. The maximum atomic E-state index is 5.68. The van der Waals surface area contributed by atoms with E-state index in [2.05, 4.69) is 18.3 Å². The fraction of sp³-hybridized carbons (Fsp3) is 0.647. The molecular weight excluding hydrogens is 266 g/mol. The summed E-state index contributed by atoms with van der Waals surface area (Å²) in [7, 11) is 1.67. The molecule has 21 heavy (non-hydrogen) atoms. The molecule has 1 aromatic rings. The molecule has 1 aliphatic carbocycles. The second kappa shape index (κ2) is 6.56. The highest BCUT2D eigenvalue weighted by molar-refractivity contribution is 5.54. The maximum absolute atomic E-state index is 5.68. The first-order valence-electron chi connectivity index (χ1n) is 7.98. The van der Waals surface area contributed by atoms with Gasteiger partial charge in [0.2, 0.25) is 5.75 Å². The summed E-state index contributed by atoms with van der Waals surface area (Å²) in [5.41, 5.74) is 1.18. The predicted molar refractivity (Wildman–Crippen MR) is 82.2 cm³/mol. The molecular formula is C17H25NO3. The van der Waals surface area contributed by atoms with Gasteiger partial charge in [-0.1, -0.05) is 12.8 Å². The minimum absolute atomic E-state index is 0.562. The molecule has 1 saturated carbocycles. The Kier molecular flexibility index (Phi) is 4.54. The number of benzene rings is 1. The van der Waals surface area contributed by atoms with E-state index in [0.717, 1.165) is 29.7 Å². The topological polar surface area (TPSA) is 39.7 Å². The molecule has 0 aromatic heterocycles. The van der Waals surface area contributed by atoms with Gasteiger partial charge in [-0.2, -0.15) is 0 Å². The molecule has 3 rings (SSSR count). The van der Waals surface area contributed by atoms with Crippen LogP contribution in [0.4, 0.5) is 0 Å². The predicted octanol–water partition coefficient (Wildman–Crippen LogP) is 3.13. The SMILES string of the molecule is COc1cc(CN[C@H](C)C2CCCC2)cc2c1OCCO2. The molecule has 0 unspecified atom stereocenters. The van der Waals surface area contributed by atoms with Crippen LogP contribution in [0.15, 0.2) is 12.1 Å². The largest absolute Gasteiger partial charge is 0.493 e. The molecule has 4 heteroatoms. The van der Waals surface area contributed by atoms with Gasteiger partial charge < -0.3 is 19.5 Å². The lowest BCUT2D eigenvalue weighted by Gasteiger charge is -2.23. The molecule has 4 nitrogen and oxygen atoms in total. The Morgan fingerprint density at radius 2 is 2.00 bits per heavy atom. The van der Waals surface area contributed by atoms with Gasteiger partial charge in [-0.3, -0.25) is 0 Å². The van der Waals surface area contributed by atoms with Crippen molar-refractivity contribution in [1.29, 1.82) is 0 Å². The van der Waals surface area contributed by atoms with Crippen LogP contribution in [0, 0.1) is 5.92 Å². The maximum Gasteiger partial charge on any atom is 0.203 e. The number of fused-ring (bicyclic) bond motifs is 1. The third-order valence-electron chi connectivity index (χ3n) is 4.62. The van der Waals surface area contributed by atoms with Crippen molar-refractivity contribution in [3.8, 4) is 17.2 Å². The highest BCUT2D eigenvalue weighted by Gasteiger charge is 2.22. The van der Waals surface area contributed by atoms with Crippen LogP contribution in [0.5, 0.6) is 17.2 Å². The third kappa shape index (κ3) is 3.26. The van der Waals surface area contributed by atoms with Crippen LogP contribution in [-0.4, -0.2) is 26.4 Å².